The van der Waals surface area contributed by atoms with Crippen LogP contribution in [-0.2, 0) is 4.79 Å². The number of hydrogen-bond donors (Lipinski definition) is 1. The fourth-order valence-electron chi connectivity index (χ4n) is 2.71. The van der Waals surface area contributed by atoms with Crippen LogP contribution in [0.15, 0.2) is 48.5 Å². The zero-order valence-electron chi connectivity index (χ0n) is 15.8. The van der Waals surface area contributed by atoms with Crippen LogP contribution in [0.3, 0.4) is 0 Å². The van der Waals surface area contributed by atoms with Gasteiger partial charge in [-0.05, 0) is 42.7 Å². The number of carbonyl (C=O) groups excluding carboxylic acids is 1. The monoisotopic (exact) mass is 357 g/mol. The van der Waals surface area contributed by atoms with Gasteiger partial charge >= 0.3 is 0 Å². The van der Waals surface area contributed by atoms with Crippen LogP contribution in [0.5, 0.6) is 17.2 Å². The first-order valence-electron chi connectivity index (χ1n) is 8.86. The van der Waals surface area contributed by atoms with Crippen LogP contribution in [0.1, 0.15) is 38.3 Å². The zero-order valence-corrected chi connectivity index (χ0v) is 15.8. The first kappa shape index (κ1) is 19.6. The van der Waals surface area contributed by atoms with Gasteiger partial charge in [-0.3, -0.25) is 4.79 Å². The number of benzene rings is 2. The summed E-state index contributed by atoms with van der Waals surface area (Å²) in [6.07, 6.45) is 0.755. The second kappa shape index (κ2) is 9.70. The number of nitrogens with one attached hydrogen (secondary N) is 1. The van der Waals surface area contributed by atoms with E-state index in [2.05, 4.69) is 5.32 Å². The van der Waals surface area contributed by atoms with Crippen molar-refractivity contribution in [2.75, 3.05) is 14.2 Å². The highest BCUT2D eigenvalue weighted by Crippen LogP contribution is 2.28. The van der Waals surface area contributed by atoms with E-state index in [-0.39, 0.29) is 11.9 Å². The largest absolute Gasteiger partial charge is 0.497 e. The highest BCUT2D eigenvalue weighted by molar-refractivity contribution is 5.81. The van der Waals surface area contributed by atoms with E-state index in [1.54, 1.807) is 20.3 Å². The van der Waals surface area contributed by atoms with Gasteiger partial charge in [-0.15, -0.1) is 0 Å². The maximum Gasteiger partial charge on any atom is 0.261 e. The highest BCUT2D eigenvalue weighted by Gasteiger charge is 2.23. The van der Waals surface area contributed by atoms with Crippen molar-refractivity contribution < 1.29 is 19.0 Å². The number of ether oxygens (including phenoxy) is 3. The van der Waals surface area contributed by atoms with E-state index < -0.39 is 6.10 Å². The molecular formula is C21H27NO4. The minimum atomic E-state index is -0.585. The lowest BCUT2D eigenvalue weighted by atomic mass is 10.0. The van der Waals surface area contributed by atoms with Crippen LogP contribution in [0.2, 0.25) is 0 Å². The maximum absolute atomic E-state index is 12.7. The number of hydrogen-bond acceptors (Lipinski definition) is 4. The molecule has 2 aromatic carbocycles. The van der Waals surface area contributed by atoms with E-state index >= 15 is 0 Å². The second-order valence-corrected chi connectivity index (χ2v) is 5.91. The molecule has 0 bridgehead atoms. The average molecular weight is 357 g/mol. The van der Waals surface area contributed by atoms with Gasteiger partial charge in [0.15, 0.2) is 17.6 Å². The van der Waals surface area contributed by atoms with Gasteiger partial charge in [0.2, 0.25) is 0 Å². The van der Waals surface area contributed by atoms with Crippen LogP contribution in [0, 0.1) is 0 Å². The molecule has 0 aromatic heterocycles. The summed E-state index contributed by atoms with van der Waals surface area (Å²) in [5.74, 6) is 1.83. The summed E-state index contributed by atoms with van der Waals surface area (Å²) < 4.78 is 16.4. The van der Waals surface area contributed by atoms with Crippen LogP contribution < -0.4 is 19.5 Å². The smallest absolute Gasteiger partial charge is 0.261 e. The molecule has 0 radical (unpaired) electrons. The molecule has 1 amide bonds. The Hall–Kier alpha value is -2.69. The summed E-state index contributed by atoms with van der Waals surface area (Å²) in [4.78, 5) is 12.7. The molecule has 2 aromatic rings. The summed E-state index contributed by atoms with van der Waals surface area (Å²) in [5.41, 5.74) is 1.04. The van der Waals surface area contributed by atoms with Gasteiger partial charge in [0.05, 0.1) is 20.3 Å². The quantitative estimate of drug-likeness (QED) is 0.733. The number of carbonyl (C=O) groups is 1. The molecule has 0 aliphatic carbocycles. The third kappa shape index (κ3) is 4.91. The predicted molar refractivity (Wildman–Crippen MR) is 102 cm³/mol. The topological polar surface area (TPSA) is 56.8 Å². The summed E-state index contributed by atoms with van der Waals surface area (Å²) in [6, 6.07) is 15.0. The first-order valence-corrected chi connectivity index (χ1v) is 8.86. The molecule has 5 nitrogen and oxygen atoms in total. The molecule has 0 aliphatic heterocycles. The lowest BCUT2D eigenvalue weighted by Crippen LogP contribution is -2.40. The molecule has 2 unspecified atom stereocenters. The summed E-state index contributed by atoms with van der Waals surface area (Å²) in [6.45, 7) is 3.96. The Morgan fingerprint density at radius 2 is 1.58 bits per heavy atom. The van der Waals surface area contributed by atoms with Gasteiger partial charge in [0, 0.05) is 0 Å². The molecule has 140 valence electrons. The zero-order chi connectivity index (χ0) is 18.9. The van der Waals surface area contributed by atoms with Crippen molar-refractivity contribution in [3.63, 3.8) is 0 Å². The number of rotatable bonds is 9. The SMILES string of the molecule is CCC(Oc1ccccc1OC)C(=O)NC(CC)c1ccc(OC)cc1. The Bertz CT molecular complexity index is 699. The molecule has 2 atom stereocenters. The number of methoxy groups -OCH3 is 2. The fourth-order valence-corrected chi connectivity index (χ4v) is 2.71. The first-order chi connectivity index (χ1) is 12.6. The molecule has 0 spiro atoms. The number of para-hydroxylation sites is 2. The van der Waals surface area contributed by atoms with Crippen molar-refractivity contribution in [1.82, 2.24) is 5.32 Å². The Morgan fingerprint density at radius 3 is 2.12 bits per heavy atom. The van der Waals surface area contributed by atoms with E-state index in [0.29, 0.717) is 17.9 Å². The van der Waals surface area contributed by atoms with Gasteiger partial charge in [0.25, 0.3) is 5.91 Å². The summed E-state index contributed by atoms with van der Waals surface area (Å²) in [7, 11) is 3.22. The third-order valence-electron chi connectivity index (χ3n) is 4.24. The van der Waals surface area contributed by atoms with Gasteiger partial charge in [-0.25, -0.2) is 0 Å². The van der Waals surface area contributed by atoms with Crippen molar-refractivity contribution >= 4 is 5.91 Å². The minimum Gasteiger partial charge on any atom is -0.497 e. The lowest BCUT2D eigenvalue weighted by Gasteiger charge is -2.23. The van der Waals surface area contributed by atoms with Crippen molar-refractivity contribution in [2.24, 2.45) is 0 Å². The van der Waals surface area contributed by atoms with Crippen LogP contribution >= 0.6 is 0 Å². The molecule has 5 heteroatoms. The van der Waals surface area contributed by atoms with Gasteiger partial charge < -0.3 is 19.5 Å². The van der Waals surface area contributed by atoms with Crippen molar-refractivity contribution in [3.05, 3.63) is 54.1 Å². The molecular weight excluding hydrogens is 330 g/mol. The minimum absolute atomic E-state index is 0.0799. The average Bonchev–Trinajstić information content (AvgIpc) is 2.70. The van der Waals surface area contributed by atoms with E-state index in [1.165, 1.54) is 0 Å². The van der Waals surface area contributed by atoms with E-state index in [0.717, 1.165) is 17.7 Å². The molecule has 26 heavy (non-hydrogen) atoms. The van der Waals surface area contributed by atoms with Gasteiger partial charge in [0.1, 0.15) is 5.75 Å². The van der Waals surface area contributed by atoms with E-state index in [1.807, 2.05) is 56.3 Å². The molecule has 0 heterocycles. The standard InChI is InChI=1S/C21H27NO4/c1-5-17(15-11-13-16(24-3)14-12-15)22-21(23)18(6-2)26-20-10-8-7-9-19(20)25-4/h7-14,17-18H,5-6H2,1-4H3,(H,22,23). The highest BCUT2D eigenvalue weighted by atomic mass is 16.5. The Labute approximate surface area is 155 Å². The lowest BCUT2D eigenvalue weighted by molar-refractivity contribution is -0.129. The summed E-state index contributed by atoms with van der Waals surface area (Å²) >= 11 is 0. The summed E-state index contributed by atoms with van der Waals surface area (Å²) in [5, 5.41) is 3.08. The molecule has 1 N–H and O–H groups in total. The normalized spacial score (nSPS) is 12.8. The molecule has 2 rings (SSSR count). The Balaban J connectivity index is 2.08. The number of amides is 1. The molecule has 0 saturated heterocycles. The van der Waals surface area contributed by atoms with Crippen LogP contribution in [0.25, 0.3) is 0 Å². The molecule has 0 fully saturated rings. The van der Waals surface area contributed by atoms with Crippen LogP contribution in [0.4, 0.5) is 0 Å². The Kier molecular flexibility index (Phi) is 7.33. The van der Waals surface area contributed by atoms with E-state index in [4.69, 9.17) is 14.2 Å². The van der Waals surface area contributed by atoms with Crippen molar-refractivity contribution in [2.45, 2.75) is 38.8 Å². The van der Waals surface area contributed by atoms with Crippen molar-refractivity contribution in [1.29, 1.82) is 0 Å². The van der Waals surface area contributed by atoms with Gasteiger partial charge in [-0.2, -0.15) is 0 Å². The van der Waals surface area contributed by atoms with Gasteiger partial charge in [-0.1, -0.05) is 38.1 Å². The van der Waals surface area contributed by atoms with E-state index in [9.17, 15) is 4.79 Å². The fraction of sp³-hybridized carbons (Fsp3) is 0.381. The predicted octanol–water partition coefficient (Wildman–Crippen LogP) is 4.13. The van der Waals surface area contributed by atoms with Crippen molar-refractivity contribution in [3.8, 4) is 17.2 Å². The van der Waals surface area contributed by atoms with Crippen LogP contribution in [-0.4, -0.2) is 26.2 Å². The Morgan fingerprint density at radius 1 is 0.923 bits per heavy atom. The molecule has 0 saturated carbocycles. The second-order valence-electron chi connectivity index (χ2n) is 5.91. The third-order valence-corrected chi connectivity index (χ3v) is 4.24. The molecule has 0 aliphatic rings. The maximum atomic E-state index is 12.7.